The summed E-state index contributed by atoms with van der Waals surface area (Å²) in [6, 6.07) is 14.4. The van der Waals surface area contributed by atoms with E-state index in [1.165, 1.54) is 0 Å². The van der Waals surface area contributed by atoms with Crippen LogP contribution in [0.15, 0.2) is 72.5 Å². The standard InChI is InChI=1S/C26H32N4O5S2/c1-5-13-29(25(36)28-21-9-11-23(34-3)12-10-21)18-22-17-27-26(30(22)14-15-33-2)37(31,32)19-20-7-6-8-24(16-20)35-4/h5-12,16-17H,1,13-15,18-19H2,2-4H3,(H,28,36). The Hall–Kier alpha value is -3.41. The minimum Gasteiger partial charge on any atom is -0.497 e. The molecule has 0 saturated carbocycles. The average molecular weight is 545 g/mol. The van der Waals surface area contributed by atoms with Crippen molar-refractivity contribution in [3.05, 3.63) is 78.6 Å². The Bertz CT molecular complexity index is 1310. The van der Waals surface area contributed by atoms with Crippen LogP contribution in [0.2, 0.25) is 0 Å². The zero-order valence-electron chi connectivity index (χ0n) is 21.2. The van der Waals surface area contributed by atoms with E-state index in [9.17, 15) is 8.42 Å². The lowest BCUT2D eigenvalue weighted by Crippen LogP contribution is -2.35. The number of methoxy groups -OCH3 is 3. The van der Waals surface area contributed by atoms with Crippen LogP contribution in [0.3, 0.4) is 0 Å². The van der Waals surface area contributed by atoms with E-state index in [4.69, 9.17) is 26.4 Å². The molecule has 37 heavy (non-hydrogen) atoms. The normalized spacial score (nSPS) is 11.1. The maximum atomic E-state index is 13.4. The number of aromatic nitrogens is 2. The molecule has 0 spiro atoms. The molecule has 11 heteroatoms. The molecule has 0 aliphatic rings. The second-order valence-corrected chi connectivity index (χ2v) is 10.4. The van der Waals surface area contributed by atoms with E-state index in [2.05, 4.69) is 16.9 Å². The lowest BCUT2D eigenvalue weighted by molar-refractivity contribution is 0.183. The van der Waals surface area contributed by atoms with Gasteiger partial charge in [-0.3, -0.25) is 0 Å². The van der Waals surface area contributed by atoms with Crippen LogP contribution in [0.25, 0.3) is 0 Å². The van der Waals surface area contributed by atoms with E-state index in [-0.39, 0.29) is 10.9 Å². The first-order chi connectivity index (χ1) is 17.8. The summed E-state index contributed by atoms with van der Waals surface area (Å²) in [7, 11) is 0.958. The largest absolute Gasteiger partial charge is 0.497 e. The Morgan fingerprint density at radius 1 is 1.14 bits per heavy atom. The third-order valence-electron chi connectivity index (χ3n) is 5.52. The summed E-state index contributed by atoms with van der Waals surface area (Å²) in [5.41, 5.74) is 2.09. The smallest absolute Gasteiger partial charge is 0.228 e. The van der Waals surface area contributed by atoms with E-state index in [1.54, 1.807) is 62.4 Å². The van der Waals surface area contributed by atoms with Crippen molar-refractivity contribution >= 4 is 32.9 Å². The summed E-state index contributed by atoms with van der Waals surface area (Å²) in [5, 5.41) is 3.66. The first-order valence-electron chi connectivity index (χ1n) is 11.5. The van der Waals surface area contributed by atoms with Gasteiger partial charge >= 0.3 is 0 Å². The highest BCUT2D eigenvalue weighted by molar-refractivity contribution is 7.90. The van der Waals surface area contributed by atoms with Crippen molar-refractivity contribution in [1.82, 2.24) is 14.5 Å². The number of sulfone groups is 1. The molecule has 9 nitrogen and oxygen atoms in total. The number of imidazole rings is 1. The molecule has 0 saturated heterocycles. The molecule has 0 aliphatic carbocycles. The first kappa shape index (κ1) is 28.2. The molecule has 0 atom stereocenters. The summed E-state index contributed by atoms with van der Waals surface area (Å²) in [6.45, 7) is 5.24. The number of thiocarbonyl (C=S) groups is 1. The molecule has 0 fully saturated rings. The topological polar surface area (TPSA) is 94.9 Å². The van der Waals surface area contributed by atoms with Crippen LogP contribution in [0.1, 0.15) is 11.3 Å². The number of nitrogens with one attached hydrogen (secondary N) is 1. The number of anilines is 1. The number of hydrogen-bond acceptors (Lipinski definition) is 7. The van der Waals surface area contributed by atoms with Gasteiger partial charge < -0.3 is 29.0 Å². The van der Waals surface area contributed by atoms with E-state index in [1.807, 2.05) is 29.2 Å². The van der Waals surface area contributed by atoms with E-state index < -0.39 is 9.84 Å². The highest BCUT2D eigenvalue weighted by atomic mass is 32.2. The molecule has 0 unspecified atom stereocenters. The Balaban J connectivity index is 1.86. The van der Waals surface area contributed by atoms with Crippen LogP contribution in [0.4, 0.5) is 5.69 Å². The summed E-state index contributed by atoms with van der Waals surface area (Å²) in [5.74, 6) is 1.12. The highest BCUT2D eigenvalue weighted by Crippen LogP contribution is 2.22. The maximum absolute atomic E-state index is 13.4. The Labute approximate surface area is 223 Å². The Kier molecular flexibility index (Phi) is 10.1. The fourth-order valence-corrected chi connectivity index (χ4v) is 5.44. The van der Waals surface area contributed by atoms with Gasteiger partial charge in [0.1, 0.15) is 11.5 Å². The minimum absolute atomic E-state index is 0.0186. The Morgan fingerprint density at radius 3 is 2.51 bits per heavy atom. The lowest BCUT2D eigenvalue weighted by atomic mass is 10.2. The average Bonchev–Trinajstić information content (AvgIpc) is 3.30. The van der Waals surface area contributed by atoms with E-state index >= 15 is 0 Å². The third kappa shape index (κ3) is 7.54. The van der Waals surface area contributed by atoms with Crippen molar-refractivity contribution in [3.8, 4) is 11.5 Å². The van der Waals surface area contributed by atoms with Crippen LogP contribution >= 0.6 is 12.2 Å². The number of ether oxygens (including phenoxy) is 3. The maximum Gasteiger partial charge on any atom is 0.228 e. The van der Waals surface area contributed by atoms with Crippen molar-refractivity contribution in [2.75, 3.05) is 39.8 Å². The van der Waals surface area contributed by atoms with Gasteiger partial charge in [0.15, 0.2) is 5.11 Å². The zero-order chi connectivity index (χ0) is 26.8. The van der Waals surface area contributed by atoms with Gasteiger partial charge in [-0.1, -0.05) is 18.2 Å². The lowest BCUT2D eigenvalue weighted by Gasteiger charge is -2.25. The minimum atomic E-state index is -3.76. The molecule has 0 aliphatic heterocycles. The predicted molar refractivity (Wildman–Crippen MR) is 148 cm³/mol. The van der Waals surface area contributed by atoms with Gasteiger partial charge in [0.05, 0.1) is 45.0 Å². The summed E-state index contributed by atoms with van der Waals surface area (Å²) in [4.78, 5) is 6.19. The molecule has 0 amide bonds. The van der Waals surface area contributed by atoms with Crippen LogP contribution in [-0.4, -0.2) is 62.5 Å². The van der Waals surface area contributed by atoms with Gasteiger partial charge in [0.25, 0.3) is 0 Å². The Morgan fingerprint density at radius 2 is 1.86 bits per heavy atom. The molecule has 1 aromatic heterocycles. The highest BCUT2D eigenvalue weighted by Gasteiger charge is 2.25. The molecule has 1 N–H and O–H groups in total. The van der Waals surface area contributed by atoms with Gasteiger partial charge in [0.2, 0.25) is 15.0 Å². The number of nitrogens with zero attached hydrogens (tertiary/aromatic N) is 3. The van der Waals surface area contributed by atoms with Crippen molar-refractivity contribution in [3.63, 3.8) is 0 Å². The molecule has 3 aromatic rings. The van der Waals surface area contributed by atoms with E-state index in [0.717, 1.165) is 11.4 Å². The molecule has 1 heterocycles. The van der Waals surface area contributed by atoms with Crippen LogP contribution in [0, 0.1) is 0 Å². The van der Waals surface area contributed by atoms with Crippen molar-refractivity contribution in [2.45, 2.75) is 24.0 Å². The van der Waals surface area contributed by atoms with Gasteiger partial charge in [-0.15, -0.1) is 6.58 Å². The fraction of sp³-hybridized carbons (Fsp3) is 0.308. The predicted octanol–water partition coefficient (Wildman–Crippen LogP) is 3.91. The fourth-order valence-electron chi connectivity index (χ4n) is 3.68. The molecular weight excluding hydrogens is 512 g/mol. The van der Waals surface area contributed by atoms with Crippen LogP contribution in [-0.2, 0) is 33.4 Å². The third-order valence-corrected chi connectivity index (χ3v) is 7.48. The van der Waals surface area contributed by atoms with Gasteiger partial charge in [0, 0.05) is 25.9 Å². The van der Waals surface area contributed by atoms with Gasteiger partial charge in [-0.25, -0.2) is 13.4 Å². The molecule has 0 bridgehead atoms. The number of benzene rings is 2. The second kappa shape index (κ2) is 13.2. The first-order valence-corrected chi connectivity index (χ1v) is 13.6. The van der Waals surface area contributed by atoms with Gasteiger partial charge in [-0.05, 0) is 54.2 Å². The van der Waals surface area contributed by atoms with Crippen molar-refractivity contribution < 1.29 is 22.6 Å². The summed E-state index contributed by atoms with van der Waals surface area (Å²) in [6.07, 6.45) is 3.30. The van der Waals surface area contributed by atoms with E-state index in [0.29, 0.717) is 48.4 Å². The second-order valence-electron chi connectivity index (χ2n) is 8.12. The monoisotopic (exact) mass is 544 g/mol. The zero-order valence-corrected chi connectivity index (χ0v) is 22.8. The van der Waals surface area contributed by atoms with Crippen LogP contribution in [0.5, 0.6) is 11.5 Å². The molecule has 198 valence electrons. The van der Waals surface area contributed by atoms with Gasteiger partial charge in [-0.2, -0.15) is 0 Å². The SMILES string of the molecule is C=CCN(Cc1cnc(S(=O)(=O)Cc2cccc(OC)c2)n1CCOC)C(=S)Nc1ccc(OC)cc1. The van der Waals surface area contributed by atoms with Crippen molar-refractivity contribution in [1.29, 1.82) is 0 Å². The number of rotatable bonds is 13. The molecule has 2 aromatic carbocycles. The summed E-state index contributed by atoms with van der Waals surface area (Å²) >= 11 is 5.66. The quantitative estimate of drug-likeness (QED) is 0.254. The molecule has 3 rings (SSSR count). The van der Waals surface area contributed by atoms with Crippen molar-refractivity contribution in [2.24, 2.45) is 0 Å². The number of hydrogen-bond donors (Lipinski definition) is 1. The van der Waals surface area contributed by atoms with Crippen LogP contribution < -0.4 is 14.8 Å². The summed E-state index contributed by atoms with van der Waals surface area (Å²) < 4.78 is 44.1. The molecule has 0 radical (unpaired) electrons. The molecular formula is C26H32N4O5S2.